The first kappa shape index (κ1) is 19.4. The molecule has 0 bridgehead atoms. The van der Waals surface area contributed by atoms with Crippen LogP contribution in [-0.2, 0) is 4.74 Å². The largest absolute Gasteiger partial charge is 0.462 e. The van der Waals surface area contributed by atoms with E-state index in [0.29, 0.717) is 18.1 Å². The fraction of sp³-hybridized carbons (Fsp3) is 0.174. The number of nitrogens with one attached hydrogen (secondary N) is 2. The summed E-state index contributed by atoms with van der Waals surface area (Å²) in [5.74, 6) is 0.283. The highest BCUT2D eigenvalue weighted by Crippen LogP contribution is 2.21. The fourth-order valence-corrected chi connectivity index (χ4v) is 3.45. The lowest BCUT2D eigenvalue weighted by Gasteiger charge is -2.10. The minimum Gasteiger partial charge on any atom is -0.462 e. The van der Waals surface area contributed by atoms with Crippen LogP contribution in [0.5, 0.6) is 0 Å². The predicted octanol–water partition coefficient (Wildman–Crippen LogP) is 4.59. The lowest BCUT2D eigenvalue weighted by atomic mass is 10.2. The van der Waals surface area contributed by atoms with Gasteiger partial charge in [0.25, 0.3) is 0 Å². The number of ether oxygens (including phenoxy) is 1. The van der Waals surface area contributed by atoms with Crippen LogP contribution in [0.2, 0.25) is 0 Å². The second kappa shape index (κ2) is 8.24. The van der Waals surface area contributed by atoms with E-state index >= 15 is 0 Å². The summed E-state index contributed by atoms with van der Waals surface area (Å²) in [5, 5.41) is 4.33. The van der Waals surface area contributed by atoms with Gasteiger partial charge < -0.3 is 14.3 Å². The highest BCUT2D eigenvalue weighted by atomic mass is 16.5. The SMILES string of the molecule is CCOC(=O)c1ccc(-n2c(C)cc(/C=N/Nc3nc4ccccc4[nH]3)c2C)cc1. The van der Waals surface area contributed by atoms with Crippen molar-refractivity contribution in [2.24, 2.45) is 5.10 Å². The number of anilines is 1. The smallest absolute Gasteiger partial charge is 0.338 e. The molecule has 7 heteroatoms. The molecule has 0 amide bonds. The van der Waals surface area contributed by atoms with Crippen molar-refractivity contribution in [1.82, 2.24) is 14.5 Å². The molecule has 2 aromatic heterocycles. The van der Waals surface area contributed by atoms with Gasteiger partial charge in [0.15, 0.2) is 0 Å². The van der Waals surface area contributed by atoms with Gasteiger partial charge in [-0.2, -0.15) is 5.10 Å². The molecule has 0 unspecified atom stereocenters. The summed E-state index contributed by atoms with van der Waals surface area (Å²) in [4.78, 5) is 19.5. The number of nitrogens with zero attached hydrogens (tertiary/aromatic N) is 3. The van der Waals surface area contributed by atoms with Gasteiger partial charge in [0.2, 0.25) is 5.95 Å². The molecular weight excluding hydrogens is 378 g/mol. The molecule has 0 saturated carbocycles. The van der Waals surface area contributed by atoms with E-state index in [-0.39, 0.29) is 5.97 Å². The number of fused-ring (bicyclic) bond motifs is 1. The molecule has 2 N–H and O–H groups in total. The maximum Gasteiger partial charge on any atom is 0.338 e. The Morgan fingerprint density at radius 2 is 1.97 bits per heavy atom. The normalized spacial score (nSPS) is 11.3. The molecule has 152 valence electrons. The highest BCUT2D eigenvalue weighted by molar-refractivity contribution is 5.89. The number of esters is 1. The van der Waals surface area contributed by atoms with E-state index in [0.717, 1.165) is 33.7 Å². The van der Waals surface area contributed by atoms with Crippen molar-refractivity contribution < 1.29 is 9.53 Å². The number of hydrogen-bond acceptors (Lipinski definition) is 5. The molecule has 2 heterocycles. The summed E-state index contributed by atoms with van der Waals surface area (Å²) < 4.78 is 7.17. The van der Waals surface area contributed by atoms with Crippen molar-refractivity contribution in [2.75, 3.05) is 12.0 Å². The van der Waals surface area contributed by atoms with Gasteiger partial charge in [-0.25, -0.2) is 15.2 Å². The summed E-state index contributed by atoms with van der Waals surface area (Å²) in [6, 6.07) is 17.3. The first-order valence-corrected chi connectivity index (χ1v) is 9.77. The van der Waals surface area contributed by atoms with Crippen LogP contribution >= 0.6 is 0 Å². The molecule has 0 fully saturated rings. The molecule has 0 aliphatic carbocycles. The quantitative estimate of drug-likeness (QED) is 0.281. The summed E-state index contributed by atoms with van der Waals surface area (Å²) in [6.45, 7) is 6.23. The Morgan fingerprint density at radius 1 is 1.20 bits per heavy atom. The van der Waals surface area contributed by atoms with E-state index in [1.807, 2.05) is 50.2 Å². The molecule has 4 rings (SSSR count). The zero-order chi connectivity index (χ0) is 21.1. The molecule has 30 heavy (non-hydrogen) atoms. The van der Waals surface area contributed by atoms with Gasteiger partial charge in [0.05, 0.1) is 29.4 Å². The maximum atomic E-state index is 11.9. The Bertz CT molecular complexity index is 1190. The van der Waals surface area contributed by atoms with Crippen LogP contribution in [0.25, 0.3) is 16.7 Å². The number of imidazole rings is 1. The van der Waals surface area contributed by atoms with Crippen molar-refractivity contribution in [1.29, 1.82) is 0 Å². The minimum atomic E-state index is -0.311. The monoisotopic (exact) mass is 401 g/mol. The van der Waals surface area contributed by atoms with E-state index in [2.05, 4.69) is 31.1 Å². The molecule has 2 aromatic carbocycles. The standard InChI is InChI=1S/C23H23N5O2/c1-4-30-22(29)17-9-11-19(12-10-17)28-15(2)13-18(16(28)3)14-24-27-23-25-20-7-5-6-8-21(20)26-23/h5-14H,4H2,1-3H3,(H2,25,26,27)/b24-14+. The Hall–Kier alpha value is -3.87. The maximum absolute atomic E-state index is 11.9. The van der Waals surface area contributed by atoms with E-state index < -0.39 is 0 Å². The molecule has 0 spiro atoms. The highest BCUT2D eigenvalue weighted by Gasteiger charge is 2.11. The van der Waals surface area contributed by atoms with Gasteiger partial charge in [-0.1, -0.05) is 12.1 Å². The number of rotatable bonds is 6. The van der Waals surface area contributed by atoms with Crippen LogP contribution in [0.1, 0.15) is 34.2 Å². The molecule has 0 saturated heterocycles. The van der Waals surface area contributed by atoms with Crippen molar-refractivity contribution in [3.05, 3.63) is 77.1 Å². The number of hydrazone groups is 1. The number of benzene rings is 2. The van der Waals surface area contributed by atoms with Crippen LogP contribution in [0.15, 0.2) is 59.7 Å². The van der Waals surface area contributed by atoms with Gasteiger partial charge in [-0.05, 0) is 63.2 Å². The van der Waals surface area contributed by atoms with Crippen molar-refractivity contribution in [3.8, 4) is 5.69 Å². The molecule has 0 atom stereocenters. The van der Waals surface area contributed by atoms with Gasteiger partial charge in [0.1, 0.15) is 0 Å². The van der Waals surface area contributed by atoms with Crippen LogP contribution in [0.3, 0.4) is 0 Å². The Balaban J connectivity index is 1.53. The molecule has 4 aromatic rings. The number of para-hydroxylation sites is 2. The lowest BCUT2D eigenvalue weighted by Crippen LogP contribution is -2.05. The molecule has 0 radical (unpaired) electrons. The van der Waals surface area contributed by atoms with Gasteiger partial charge in [-0.3, -0.25) is 0 Å². The summed E-state index contributed by atoms with van der Waals surface area (Å²) >= 11 is 0. The molecular formula is C23H23N5O2. The Labute approximate surface area is 174 Å². The Kier molecular flexibility index (Phi) is 5.34. The minimum absolute atomic E-state index is 0.311. The number of aromatic nitrogens is 3. The van der Waals surface area contributed by atoms with E-state index in [1.54, 1.807) is 25.3 Å². The van der Waals surface area contributed by atoms with Crippen molar-refractivity contribution in [3.63, 3.8) is 0 Å². The zero-order valence-corrected chi connectivity index (χ0v) is 17.1. The van der Waals surface area contributed by atoms with Crippen LogP contribution in [0.4, 0.5) is 5.95 Å². The summed E-state index contributed by atoms with van der Waals surface area (Å²) in [6.07, 6.45) is 1.78. The average Bonchev–Trinajstić information content (AvgIpc) is 3.28. The number of aryl methyl sites for hydroxylation is 1. The molecule has 0 aliphatic heterocycles. The first-order chi connectivity index (χ1) is 14.6. The van der Waals surface area contributed by atoms with E-state index in [4.69, 9.17) is 4.74 Å². The van der Waals surface area contributed by atoms with E-state index in [1.165, 1.54) is 0 Å². The lowest BCUT2D eigenvalue weighted by molar-refractivity contribution is 0.0526. The number of carbonyl (C=O) groups excluding carboxylic acids is 1. The topological polar surface area (TPSA) is 84.3 Å². The third-order valence-electron chi connectivity index (χ3n) is 4.87. The van der Waals surface area contributed by atoms with E-state index in [9.17, 15) is 4.79 Å². The average molecular weight is 401 g/mol. The molecule has 7 nitrogen and oxygen atoms in total. The second-order valence-corrected chi connectivity index (χ2v) is 6.90. The predicted molar refractivity (Wildman–Crippen MR) is 119 cm³/mol. The summed E-state index contributed by atoms with van der Waals surface area (Å²) in [7, 11) is 0. The van der Waals surface area contributed by atoms with Crippen molar-refractivity contribution in [2.45, 2.75) is 20.8 Å². The van der Waals surface area contributed by atoms with Crippen molar-refractivity contribution >= 4 is 29.2 Å². The Morgan fingerprint density at radius 3 is 2.70 bits per heavy atom. The third kappa shape index (κ3) is 3.82. The summed E-state index contributed by atoms with van der Waals surface area (Å²) in [5.41, 5.74) is 9.43. The first-order valence-electron chi connectivity index (χ1n) is 9.77. The third-order valence-corrected chi connectivity index (χ3v) is 4.87. The second-order valence-electron chi connectivity index (χ2n) is 6.90. The van der Waals surface area contributed by atoms with Gasteiger partial charge in [-0.15, -0.1) is 0 Å². The number of carbonyl (C=O) groups is 1. The van der Waals surface area contributed by atoms with Crippen LogP contribution in [0, 0.1) is 13.8 Å². The fourth-order valence-electron chi connectivity index (χ4n) is 3.45. The van der Waals surface area contributed by atoms with Crippen LogP contribution in [-0.4, -0.2) is 33.3 Å². The van der Waals surface area contributed by atoms with Gasteiger partial charge >= 0.3 is 5.97 Å². The van der Waals surface area contributed by atoms with Gasteiger partial charge in [0, 0.05) is 22.6 Å². The molecule has 0 aliphatic rings. The number of H-pyrrole nitrogens is 1. The number of aromatic amines is 1. The zero-order valence-electron chi connectivity index (χ0n) is 17.1. The van der Waals surface area contributed by atoms with Crippen LogP contribution < -0.4 is 5.43 Å². The number of hydrogen-bond donors (Lipinski definition) is 2.